The molecule has 8 heteroatoms. The summed E-state index contributed by atoms with van der Waals surface area (Å²) in [5.41, 5.74) is 3.80. The predicted octanol–water partition coefficient (Wildman–Crippen LogP) is 5.35. The Kier molecular flexibility index (Phi) is 5.49. The van der Waals surface area contributed by atoms with Gasteiger partial charge in [-0.1, -0.05) is 0 Å². The number of thiazole rings is 1. The first kappa shape index (κ1) is 19.7. The number of amides is 1. The molecule has 30 heavy (non-hydrogen) atoms. The van der Waals surface area contributed by atoms with Gasteiger partial charge in [0.1, 0.15) is 27.8 Å². The molecule has 0 radical (unpaired) electrons. The van der Waals surface area contributed by atoms with Crippen LogP contribution in [0.5, 0.6) is 0 Å². The summed E-state index contributed by atoms with van der Waals surface area (Å²) in [6, 6.07) is 15.2. The van der Waals surface area contributed by atoms with E-state index in [2.05, 4.69) is 25.6 Å². The van der Waals surface area contributed by atoms with Crippen molar-refractivity contribution in [3.63, 3.8) is 0 Å². The Hall–Kier alpha value is -3.65. The molecule has 0 bridgehead atoms. The van der Waals surface area contributed by atoms with E-state index >= 15 is 0 Å². The Labute approximate surface area is 176 Å². The van der Waals surface area contributed by atoms with Gasteiger partial charge in [0.25, 0.3) is 5.91 Å². The molecule has 0 atom stereocenters. The number of nitrogens with one attached hydrogen (secondary N) is 2. The van der Waals surface area contributed by atoms with E-state index < -0.39 is 0 Å². The van der Waals surface area contributed by atoms with E-state index in [1.807, 2.05) is 37.3 Å². The summed E-state index contributed by atoms with van der Waals surface area (Å²) in [6.45, 7) is 3.68. The highest BCUT2D eigenvalue weighted by Crippen LogP contribution is 2.29. The highest BCUT2D eigenvalue weighted by molar-refractivity contribution is 7.17. The fourth-order valence-corrected chi connectivity index (χ4v) is 3.79. The lowest BCUT2D eigenvalue weighted by molar-refractivity contribution is 0.103. The van der Waals surface area contributed by atoms with Gasteiger partial charge in [0.05, 0.1) is 5.69 Å². The van der Waals surface area contributed by atoms with E-state index in [9.17, 15) is 9.18 Å². The zero-order valence-corrected chi connectivity index (χ0v) is 17.1. The van der Waals surface area contributed by atoms with E-state index in [0.717, 1.165) is 16.9 Å². The van der Waals surface area contributed by atoms with E-state index in [1.54, 1.807) is 19.1 Å². The summed E-state index contributed by atoms with van der Waals surface area (Å²) < 4.78 is 13.1. The van der Waals surface area contributed by atoms with Gasteiger partial charge in [0.15, 0.2) is 0 Å². The summed E-state index contributed by atoms with van der Waals surface area (Å²) in [4.78, 5) is 25.9. The molecule has 1 amide bonds. The van der Waals surface area contributed by atoms with Crippen LogP contribution >= 0.6 is 11.3 Å². The van der Waals surface area contributed by atoms with Gasteiger partial charge < -0.3 is 10.6 Å². The van der Waals surface area contributed by atoms with Gasteiger partial charge in [-0.05, 0) is 62.4 Å². The van der Waals surface area contributed by atoms with Crippen molar-refractivity contribution in [2.75, 3.05) is 10.6 Å². The van der Waals surface area contributed by atoms with Crippen LogP contribution in [0.15, 0.2) is 60.9 Å². The Balaban J connectivity index is 1.45. The van der Waals surface area contributed by atoms with Crippen molar-refractivity contribution in [2.24, 2.45) is 0 Å². The molecule has 0 spiro atoms. The largest absolute Gasteiger partial charge is 0.340 e. The molecule has 150 valence electrons. The SMILES string of the molecule is Cc1cc(Nc2ccc(NC(=O)c3sc(-c4ccc(F)cc4)nc3C)cc2)ncn1. The van der Waals surface area contributed by atoms with Crippen molar-refractivity contribution in [1.82, 2.24) is 15.0 Å². The molecule has 0 aliphatic heterocycles. The number of halogens is 1. The van der Waals surface area contributed by atoms with Crippen LogP contribution in [0.25, 0.3) is 10.6 Å². The Morgan fingerprint density at radius 3 is 2.37 bits per heavy atom. The first-order chi connectivity index (χ1) is 14.5. The van der Waals surface area contributed by atoms with E-state index in [-0.39, 0.29) is 11.7 Å². The minimum atomic E-state index is -0.308. The number of carbonyl (C=O) groups is 1. The molecular formula is C22H18FN5OS. The number of hydrogen-bond donors (Lipinski definition) is 2. The zero-order chi connectivity index (χ0) is 21.1. The van der Waals surface area contributed by atoms with Crippen LogP contribution in [-0.4, -0.2) is 20.9 Å². The first-order valence-corrected chi connectivity index (χ1v) is 10.00. The molecule has 2 heterocycles. The second kappa shape index (κ2) is 8.38. The predicted molar refractivity (Wildman–Crippen MR) is 117 cm³/mol. The number of aryl methyl sites for hydroxylation is 2. The number of carbonyl (C=O) groups excluding carboxylic acids is 1. The summed E-state index contributed by atoms with van der Waals surface area (Å²) in [7, 11) is 0. The third kappa shape index (κ3) is 4.49. The molecule has 0 unspecified atom stereocenters. The monoisotopic (exact) mass is 419 g/mol. The van der Waals surface area contributed by atoms with E-state index in [1.165, 1.54) is 29.8 Å². The molecular weight excluding hydrogens is 401 g/mol. The molecule has 0 fully saturated rings. The maximum atomic E-state index is 13.1. The fraction of sp³-hybridized carbons (Fsp3) is 0.0909. The van der Waals surface area contributed by atoms with Gasteiger partial charge in [-0.2, -0.15) is 0 Å². The normalized spacial score (nSPS) is 10.6. The maximum Gasteiger partial charge on any atom is 0.267 e. The van der Waals surface area contributed by atoms with E-state index in [4.69, 9.17) is 0 Å². The third-order valence-electron chi connectivity index (χ3n) is 4.31. The van der Waals surface area contributed by atoms with Crippen LogP contribution in [0.3, 0.4) is 0 Å². The zero-order valence-electron chi connectivity index (χ0n) is 16.3. The number of benzene rings is 2. The molecule has 6 nitrogen and oxygen atoms in total. The van der Waals surface area contributed by atoms with Crippen LogP contribution in [0.2, 0.25) is 0 Å². The number of rotatable bonds is 5. The standard InChI is InChI=1S/C22H18FN5OS/c1-13-11-19(25-12-24-13)27-17-7-9-18(10-8-17)28-21(29)20-14(2)26-22(30-20)15-3-5-16(23)6-4-15/h3-12H,1-2H3,(H,28,29)(H,24,25,27). The Morgan fingerprint density at radius 2 is 1.67 bits per heavy atom. The second-order valence-electron chi connectivity index (χ2n) is 6.64. The van der Waals surface area contributed by atoms with Crippen molar-refractivity contribution < 1.29 is 9.18 Å². The lowest BCUT2D eigenvalue weighted by Gasteiger charge is -2.08. The molecule has 0 saturated heterocycles. The highest BCUT2D eigenvalue weighted by Gasteiger charge is 2.16. The smallest absolute Gasteiger partial charge is 0.267 e. The number of hydrogen-bond acceptors (Lipinski definition) is 6. The van der Waals surface area contributed by atoms with Gasteiger partial charge in [-0.3, -0.25) is 4.79 Å². The lowest BCUT2D eigenvalue weighted by atomic mass is 10.2. The molecule has 0 aliphatic rings. The number of nitrogens with zero attached hydrogens (tertiary/aromatic N) is 3. The molecule has 0 saturated carbocycles. The van der Waals surface area contributed by atoms with Crippen LogP contribution < -0.4 is 10.6 Å². The average molecular weight is 419 g/mol. The lowest BCUT2D eigenvalue weighted by Crippen LogP contribution is -2.11. The van der Waals surface area contributed by atoms with Gasteiger partial charge in [0.2, 0.25) is 0 Å². The fourth-order valence-electron chi connectivity index (χ4n) is 2.82. The van der Waals surface area contributed by atoms with Crippen LogP contribution in [0, 0.1) is 19.7 Å². The molecule has 0 aliphatic carbocycles. The summed E-state index contributed by atoms with van der Waals surface area (Å²) >= 11 is 1.28. The van der Waals surface area contributed by atoms with Crippen molar-refractivity contribution >= 4 is 34.4 Å². The molecule has 2 N–H and O–H groups in total. The van der Waals surface area contributed by atoms with Crippen LogP contribution in [0.1, 0.15) is 21.1 Å². The topological polar surface area (TPSA) is 79.8 Å². The van der Waals surface area contributed by atoms with Crippen LogP contribution in [0.4, 0.5) is 21.6 Å². The first-order valence-electron chi connectivity index (χ1n) is 9.18. The Bertz CT molecular complexity index is 1190. The van der Waals surface area contributed by atoms with Crippen molar-refractivity contribution in [1.29, 1.82) is 0 Å². The van der Waals surface area contributed by atoms with E-state index in [0.29, 0.717) is 27.1 Å². The quantitative estimate of drug-likeness (QED) is 0.456. The molecule has 2 aromatic heterocycles. The van der Waals surface area contributed by atoms with Crippen molar-refractivity contribution in [2.45, 2.75) is 13.8 Å². The maximum absolute atomic E-state index is 13.1. The summed E-state index contributed by atoms with van der Waals surface area (Å²) in [6.07, 6.45) is 1.50. The molecule has 2 aromatic carbocycles. The molecule has 4 aromatic rings. The second-order valence-corrected chi connectivity index (χ2v) is 7.64. The van der Waals surface area contributed by atoms with Gasteiger partial charge in [-0.25, -0.2) is 19.3 Å². The van der Waals surface area contributed by atoms with Gasteiger partial charge in [0, 0.05) is 28.7 Å². The van der Waals surface area contributed by atoms with Gasteiger partial charge in [-0.15, -0.1) is 11.3 Å². The third-order valence-corrected chi connectivity index (χ3v) is 5.52. The number of aromatic nitrogens is 3. The van der Waals surface area contributed by atoms with Crippen LogP contribution in [-0.2, 0) is 0 Å². The minimum Gasteiger partial charge on any atom is -0.340 e. The highest BCUT2D eigenvalue weighted by atomic mass is 32.1. The number of anilines is 3. The van der Waals surface area contributed by atoms with Gasteiger partial charge >= 0.3 is 0 Å². The van der Waals surface area contributed by atoms with Crippen molar-refractivity contribution in [3.8, 4) is 10.6 Å². The molecule has 4 rings (SSSR count). The average Bonchev–Trinajstić information content (AvgIpc) is 3.12. The Morgan fingerprint density at radius 1 is 0.967 bits per heavy atom. The minimum absolute atomic E-state index is 0.231. The van der Waals surface area contributed by atoms with Crippen molar-refractivity contribution in [3.05, 3.63) is 83.0 Å². The summed E-state index contributed by atoms with van der Waals surface area (Å²) in [5, 5.41) is 6.76. The summed E-state index contributed by atoms with van der Waals surface area (Å²) in [5.74, 6) is 0.163.